The summed E-state index contributed by atoms with van der Waals surface area (Å²) in [6, 6.07) is 10.2. The van der Waals surface area contributed by atoms with Crippen LogP contribution in [0.1, 0.15) is 17.1 Å². The van der Waals surface area contributed by atoms with Gasteiger partial charge in [-0.2, -0.15) is 11.3 Å². The van der Waals surface area contributed by atoms with Crippen molar-refractivity contribution in [3.8, 4) is 10.6 Å². The van der Waals surface area contributed by atoms with Gasteiger partial charge in [0.25, 0.3) is 0 Å². The number of thiophene rings is 1. The first-order valence-corrected chi connectivity index (χ1v) is 11.0. The van der Waals surface area contributed by atoms with Crippen molar-refractivity contribution in [3.05, 3.63) is 57.2 Å². The number of carbonyl (C=O) groups is 1. The highest BCUT2D eigenvalue weighted by Gasteiger charge is 2.09. The molecule has 132 valence electrons. The van der Waals surface area contributed by atoms with E-state index in [0.29, 0.717) is 13.0 Å². The number of fused-ring (bicyclic) bond motifs is 1. The van der Waals surface area contributed by atoms with Crippen LogP contribution in [0.3, 0.4) is 0 Å². The molecule has 1 aromatic carbocycles. The monoisotopic (exact) mass is 399 g/mol. The second-order valence-electron chi connectivity index (χ2n) is 5.86. The van der Waals surface area contributed by atoms with Crippen LogP contribution in [0.2, 0.25) is 0 Å². The lowest BCUT2D eigenvalue weighted by Crippen LogP contribution is -2.26. The smallest absolute Gasteiger partial charge is 0.226 e. The number of aryl methyl sites for hydroxylation is 1. The predicted octanol–water partition coefficient (Wildman–Crippen LogP) is 4.77. The average molecular weight is 400 g/mol. The van der Waals surface area contributed by atoms with Gasteiger partial charge in [0.05, 0.1) is 27.3 Å². The zero-order valence-electron chi connectivity index (χ0n) is 14.0. The summed E-state index contributed by atoms with van der Waals surface area (Å²) in [5, 5.41) is 11.2. The van der Waals surface area contributed by atoms with Crippen LogP contribution in [0.25, 0.3) is 20.8 Å². The molecule has 3 aromatic heterocycles. The second kappa shape index (κ2) is 8.07. The lowest BCUT2D eigenvalue weighted by Gasteiger charge is -2.02. The highest BCUT2D eigenvalue weighted by Crippen LogP contribution is 2.26. The summed E-state index contributed by atoms with van der Waals surface area (Å²) in [7, 11) is 0. The number of rotatable bonds is 7. The van der Waals surface area contributed by atoms with Gasteiger partial charge >= 0.3 is 0 Å². The van der Waals surface area contributed by atoms with Gasteiger partial charge in [-0.05, 0) is 30.0 Å². The van der Waals surface area contributed by atoms with E-state index in [9.17, 15) is 4.79 Å². The third-order valence-electron chi connectivity index (χ3n) is 3.89. The van der Waals surface area contributed by atoms with Crippen LogP contribution in [0.4, 0.5) is 0 Å². The fourth-order valence-electron chi connectivity index (χ4n) is 2.63. The van der Waals surface area contributed by atoms with Crippen molar-refractivity contribution in [2.75, 3.05) is 6.54 Å². The summed E-state index contributed by atoms with van der Waals surface area (Å²) >= 11 is 4.97. The standard InChI is InChI=1S/C19H17N3OS3/c23-17(10-14-12-25-19(21-14)13-7-9-24-11-13)20-8-3-6-18-22-15-4-1-2-5-16(15)26-18/h1-2,4-5,7,9,11-12H,3,6,8,10H2,(H,20,23). The van der Waals surface area contributed by atoms with E-state index < -0.39 is 0 Å². The van der Waals surface area contributed by atoms with Gasteiger partial charge in [-0.3, -0.25) is 4.79 Å². The Hall–Kier alpha value is -2.09. The number of para-hydroxylation sites is 1. The molecule has 0 atom stereocenters. The Balaban J connectivity index is 1.23. The van der Waals surface area contributed by atoms with Gasteiger partial charge < -0.3 is 5.32 Å². The molecule has 26 heavy (non-hydrogen) atoms. The van der Waals surface area contributed by atoms with E-state index in [1.165, 1.54) is 4.70 Å². The Labute approximate surface area is 163 Å². The number of aromatic nitrogens is 2. The highest BCUT2D eigenvalue weighted by atomic mass is 32.1. The Morgan fingerprint density at radius 3 is 2.88 bits per heavy atom. The van der Waals surface area contributed by atoms with Gasteiger partial charge in [-0.1, -0.05) is 12.1 Å². The molecule has 4 nitrogen and oxygen atoms in total. The fourth-order valence-corrected chi connectivity index (χ4v) is 5.17. The molecule has 0 aliphatic rings. The lowest BCUT2D eigenvalue weighted by atomic mass is 10.3. The molecule has 0 unspecified atom stereocenters. The molecule has 3 heterocycles. The minimum atomic E-state index is 0.0245. The minimum absolute atomic E-state index is 0.0245. The van der Waals surface area contributed by atoms with Crippen molar-refractivity contribution < 1.29 is 4.79 Å². The molecular formula is C19H17N3OS3. The quantitative estimate of drug-likeness (QED) is 0.455. The van der Waals surface area contributed by atoms with Crippen LogP contribution < -0.4 is 5.32 Å². The molecule has 0 aliphatic heterocycles. The summed E-state index contributed by atoms with van der Waals surface area (Å²) in [5.41, 5.74) is 3.02. The maximum atomic E-state index is 12.1. The van der Waals surface area contributed by atoms with Crippen molar-refractivity contribution in [1.29, 1.82) is 0 Å². The molecule has 0 spiro atoms. The van der Waals surface area contributed by atoms with Crippen molar-refractivity contribution in [1.82, 2.24) is 15.3 Å². The zero-order valence-corrected chi connectivity index (χ0v) is 16.4. The topological polar surface area (TPSA) is 54.9 Å². The van der Waals surface area contributed by atoms with Crippen LogP contribution >= 0.6 is 34.0 Å². The van der Waals surface area contributed by atoms with E-state index >= 15 is 0 Å². The molecule has 0 saturated heterocycles. The maximum Gasteiger partial charge on any atom is 0.226 e. The normalized spacial score (nSPS) is 11.1. The first-order valence-electron chi connectivity index (χ1n) is 8.36. The second-order valence-corrected chi connectivity index (χ2v) is 8.61. The van der Waals surface area contributed by atoms with Crippen molar-refractivity contribution in [3.63, 3.8) is 0 Å². The summed E-state index contributed by atoms with van der Waals surface area (Å²) in [4.78, 5) is 21.3. The molecule has 0 bridgehead atoms. The molecule has 0 saturated carbocycles. The summed E-state index contributed by atoms with van der Waals surface area (Å²) < 4.78 is 1.22. The van der Waals surface area contributed by atoms with Crippen LogP contribution in [0.5, 0.6) is 0 Å². The lowest BCUT2D eigenvalue weighted by molar-refractivity contribution is -0.120. The summed E-state index contributed by atoms with van der Waals surface area (Å²) in [6.07, 6.45) is 2.11. The molecule has 4 rings (SSSR count). The number of nitrogens with one attached hydrogen (secondary N) is 1. The maximum absolute atomic E-state index is 12.1. The Kier molecular flexibility index (Phi) is 5.38. The van der Waals surface area contributed by atoms with Crippen LogP contribution in [-0.2, 0) is 17.6 Å². The number of thiazole rings is 2. The van der Waals surface area contributed by atoms with Crippen molar-refractivity contribution in [2.24, 2.45) is 0 Å². The van der Waals surface area contributed by atoms with E-state index in [4.69, 9.17) is 0 Å². The minimum Gasteiger partial charge on any atom is -0.356 e. The van der Waals surface area contributed by atoms with Gasteiger partial charge in [-0.25, -0.2) is 9.97 Å². The zero-order chi connectivity index (χ0) is 17.8. The fraction of sp³-hybridized carbons (Fsp3) is 0.211. The van der Waals surface area contributed by atoms with Gasteiger partial charge in [0, 0.05) is 29.3 Å². The van der Waals surface area contributed by atoms with E-state index in [-0.39, 0.29) is 5.91 Å². The average Bonchev–Trinajstić information content (AvgIpc) is 3.37. The van der Waals surface area contributed by atoms with Crippen molar-refractivity contribution in [2.45, 2.75) is 19.3 Å². The van der Waals surface area contributed by atoms with Gasteiger partial charge in [0.15, 0.2) is 0 Å². The Morgan fingerprint density at radius 2 is 2.04 bits per heavy atom. The molecule has 4 aromatic rings. The van der Waals surface area contributed by atoms with Gasteiger partial charge in [-0.15, -0.1) is 22.7 Å². The number of hydrogen-bond acceptors (Lipinski definition) is 6. The molecule has 0 fully saturated rings. The third kappa shape index (κ3) is 4.17. The Bertz CT molecular complexity index is 971. The molecular weight excluding hydrogens is 382 g/mol. The Morgan fingerprint density at radius 1 is 1.12 bits per heavy atom. The first-order chi connectivity index (χ1) is 12.8. The molecule has 0 aliphatic carbocycles. The van der Waals surface area contributed by atoms with E-state index in [2.05, 4.69) is 32.8 Å². The molecule has 0 radical (unpaired) electrons. The summed E-state index contributed by atoms with van der Waals surface area (Å²) in [5.74, 6) is 0.0245. The number of carbonyl (C=O) groups excluding carboxylic acids is 1. The number of amides is 1. The number of nitrogens with zero attached hydrogens (tertiary/aromatic N) is 2. The van der Waals surface area contributed by atoms with Crippen molar-refractivity contribution >= 4 is 50.1 Å². The first kappa shape index (κ1) is 17.3. The SMILES string of the molecule is O=C(Cc1csc(-c2ccsc2)n1)NCCCc1nc2ccccc2s1. The molecule has 1 amide bonds. The van der Waals surface area contributed by atoms with Crippen LogP contribution in [-0.4, -0.2) is 22.4 Å². The number of benzene rings is 1. The summed E-state index contributed by atoms with van der Waals surface area (Å²) in [6.45, 7) is 0.663. The molecule has 7 heteroatoms. The van der Waals surface area contributed by atoms with E-state index in [1.807, 2.05) is 29.0 Å². The predicted molar refractivity (Wildman–Crippen MR) is 110 cm³/mol. The van der Waals surface area contributed by atoms with Gasteiger partial charge in [0.2, 0.25) is 5.91 Å². The highest BCUT2D eigenvalue weighted by molar-refractivity contribution is 7.18. The third-order valence-corrected chi connectivity index (χ3v) is 6.61. The van der Waals surface area contributed by atoms with E-state index in [0.717, 1.165) is 39.6 Å². The molecule has 1 N–H and O–H groups in total. The van der Waals surface area contributed by atoms with Crippen LogP contribution in [0, 0.1) is 0 Å². The van der Waals surface area contributed by atoms with E-state index in [1.54, 1.807) is 34.0 Å². The largest absolute Gasteiger partial charge is 0.356 e. The van der Waals surface area contributed by atoms with Gasteiger partial charge in [0.1, 0.15) is 5.01 Å². The number of hydrogen-bond donors (Lipinski definition) is 1. The van der Waals surface area contributed by atoms with Crippen LogP contribution in [0.15, 0.2) is 46.5 Å².